The molecule has 0 aliphatic rings. The van der Waals surface area contributed by atoms with Gasteiger partial charge in [0.1, 0.15) is 0 Å². The fourth-order valence-electron chi connectivity index (χ4n) is 2.99. The van der Waals surface area contributed by atoms with E-state index in [2.05, 4.69) is 5.32 Å². The summed E-state index contributed by atoms with van der Waals surface area (Å²) in [5.74, 6) is -2.47. The topological polar surface area (TPSA) is 137 Å². The lowest BCUT2D eigenvalue weighted by molar-refractivity contribution is -0.167. The number of carboxylic acids is 1. The molecule has 1 aromatic carbocycles. The second-order valence-electron chi connectivity index (χ2n) is 8.36. The molecule has 0 aromatic heterocycles. The highest BCUT2D eigenvalue weighted by atomic mass is 16.7. The van der Waals surface area contributed by atoms with Crippen LogP contribution in [0.3, 0.4) is 0 Å². The highest BCUT2D eigenvalue weighted by Gasteiger charge is 2.44. The highest BCUT2D eigenvalue weighted by molar-refractivity contribution is 5.81. The van der Waals surface area contributed by atoms with Crippen LogP contribution in [0.5, 0.6) is 11.5 Å². The first-order valence-corrected chi connectivity index (χ1v) is 11.4. The van der Waals surface area contributed by atoms with E-state index in [-0.39, 0.29) is 36.8 Å². The Balaban J connectivity index is 3.38. The van der Waals surface area contributed by atoms with Crippen molar-refractivity contribution in [1.29, 1.82) is 0 Å². The van der Waals surface area contributed by atoms with Crippen LogP contribution < -0.4 is 14.8 Å². The van der Waals surface area contributed by atoms with Gasteiger partial charge in [0.25, 0.3) is 5.72 Å². The Morgan fingerprint density at radius 2 is 1.50 bits per heavy atom. The zero-order valence-electron chi connectivity index (χ0n) is 20.6. The fraction of sp³-hybridized carbons (Fsp3) is 0.583. The summed E-state index contributed by atoms with van der Waals surface area (Å²) >= 11 is 0. The number of ether oxygens (including phenoxy) is 4. The molecule has 10 nitrogen and oxygen atoms in total. The van der Waals surface area contributed by atoms with E-state index >= 15 is 0 Å². The summed E-state index contributed by atoms with van der Waals surface area (Å²) in [4.78, 5) is 48.6. The van der Waals surface area contributed by atoms with Crippen LogP contribution in [0, 0.1) is 0 Å². The molecule has 0 spiro atoms. The number of hydrogen-bond donors (Lipinski definition) is 2. The van der Waals surface area contributed by atoms with Gasteiger partial charge in [-0.15, -0.1) is 0 Å². The van der Waals surface area contributed by atoms with Crippen molar-refractivity contribution in [3.63, 3.8) is 0 Å². The quantitative estimate of drug-likeness (QED) is 0.242. The molecule has 1 rings (SSSR count). The van der Waals surface area contributed by atoms with E-state index in [4.69, 9.17) is 18.9 Å². The van der Waals surface area contributed by atoms with E-state index in [1.54, 1.807) is 27.7 Å². The molecular weight excluding hydrogens is 446 g/mol. The van der Waals surface area contributed by atoms with Crippen LogP contribution in [-0.2, 0) is 30.3 Å². The van der Waals surface area contributed by atoms with Gasteiger partial charge in [0.15, 0.2) is 11.5 Å². The Morgan fingerprint density at radius 1 is 0.941 bits per heavy atom. The SMILES string of the molecule is CCCC(=O)Oc1ccc(C[C@](NC(C)C)(OC(=O)OC(C)C)C(=O)O)cc1OC(=O)CCC. The molecule has 34 heavy (non-hydrogen) atoms. The van der Waals surface area contributed by atoms with Crippen molar-refractivity contribution in [1.82, 2.24) is 5.32 Å². The molecule has 0 amide bonds. The van der Waals surface area contributed by atoms with Gasteiger partial charge in [-0.25, -0.2) is 9.59 Å². The normalized spacial score (nSPS) is 12.7. The molecule has 0 bridgehead atoms. The average molecular weight is 482 g/mol. The minimum atomic E-state index is -2.16. The summed E-state index contributed by atoms with van der Waals surface area (Å²) in [6.45, 7) is 10.2. The lowest BCUT2D eigenvalue weighted by Crippen LogP contribution is -2.59. The molecule has 0 heterocycles. The second-order valence-corrected chi connectivity index (χ2v) is 8.36. The maximum Gasteiger partial charge on any atom is 0.510 e. The molecular formula is C24H35NO9. The third kappa shape index (κ3) is 9.38. The molecule has 0 aliphatic heterocycles. The second kappa shape index (κ2) is 13.5. The first-order valence-electron chi connectivity index (χ1n) is 11.4. The molecule has 190 valence electrons. The molecule has 0 saturated carbocycles. The number of benzene rings is 1. The summed E-state index contributed by atoms with van der Waals surface area (Å²) in [7, 11) is 0. The smallest absolute Gasteiger partial charge is 0.477 e. The average Bonchev–Trinajstić information content (AvgIpc) is 2.68. The summed E-state index contributed by atoms with van der Waals surface area (Å²) in [6, 6.07) is 3.92. The van der Waals surface area contributed by atoms with Crippen molar-refractivity contribution in [2.24, 2.45) is 0 Å². The number of hydrogen-bond acceptors (Lipinski definition) is 9. The van der Waals surface area contributed by atoms with E-state index in [0.29, 0.717) is 18.4 Å². The van der Waals surface area contributed by atoms with Crippen molar-refractivity contribution in [2.75, 3.05) is 0 Å². The predicted octanol–water partition coefficient (Wildman–Crippen LogP) is 3.98. The maximum absolute atomic E-state index is 12.3. The molecule has 0 unspecified atom stereocenters. The molecule has 0 fully saturated rings. The number of carbonyl (C=O) groups excluding carboxylic acids is 3. The van der Waals surface area contributed by atoms with E-state index in [1.807, 2.05) is 13.8 Å². The van der Waals surface area contributed by atoms with Crippen molar-refractivity contribution in [3.8, 4) is 11.5 Å². The minimum absolute atomic E-state index is 0.0320. The Labute approximate surface area is 199 Å². The Hall–Kier alpha value is -3.14. The van der Waals surface area contributed by atoms with Crippen LogP contribution in [0.25, 0.3) is 0 Å². The lowest BCUT2D eigenvalue weighted by atomic mass is 10.0. The monoisotopic (exact) mass is 481 g/mol. The molecule has 0 saturated heterocycles. The fourth-order valence-corrected chi connectivity index (χ4v) is 2.99. The zero-order chi connectivity index (χ0) is 25.9. The van der Waals surface area contributed by atoms with Crippen LogP contribution >= 0.6 is 0 Å². The van der Waals surface area contributed by atoms with Crippen molar-refractivity contribution >= 4 is 24.1 Å². The summed E-state index contributed by atoms with van der Waals surface area (Å²) < 4.78 is 20.9. The van der Waals surface area contributed by atoms with Crippen molar-refractivity contribution in [2.45, 2.75) is 91.5 Å². The summed E-state index contributed by atoms with van der Waals surface area (Å²) in [5.41, 5.74) is -1.81. The third-order valence-electron chi connectivity index (χ3n) is 4.27. The first-order chi connectivity index (χ1) is 15.9. The van der Waals surface area contributed by atoms with E-state index in [1.165, 1.54) is 18.2 Å². The van der Waals surface area contributed by atoms with Gasteiger partial charge in [-0.1, -0.05) is 19.9 Å². The van der Waals surface area contributed by atoms with Gasteiger partial charge in [-0.05, 0) is 58.2 Å². The molecule has 1 atom stereocenters. The van der Waals surface area contributed by atoms with Crippen LogP contribution in [0.15, 0.2) is 18.2 Å². The van der Waals surface area contributed by atoms with Gasteiger partial charge in [0, 0.05) is 25.3 Å². The third-order valence-corrected chi connectivity index (χ3v) is 4.27. The number of esters is 2. The molecule has 0 aliphatic carbocycles. The van der Waals surface area contributed by atoms with Gasteiger partial charge in [-0.2, -0.15) is 0 Å². The van der Waals surface area contributed by atoms with Gasteiger partial charge in [0.05, 0.1) is 6.10 Å². The maximum atomic E-state index is 12.3. The van der Waals surface area contributed by atoms with Gasteiger partial charge >= 0.3 is 24.1 Å². The van der Waals surface area contributed by atoms with Crippen LogP contribution in [0.1, 0.15) is 72.8 Å². The molecule has 2 N–H and O–H groups in total. The van der Waals surface area contributed by atoms with Crippen molar-refractivity contribution < 1.29 is 43.2 Å². The Morgan fingerprint density at radius 3 is 1.97 bits per heavy atom. The van der Waals surface area contributed by atoms with Gasteiger partial charge < -0.3 is 24.1 Å². The number of aliphatic carboxylic acids is 1. The Bertz CT molecular complexity index is 866. The van der Waals surface area contributed by atoms with Gasteiger partial charge in [-0.3, -0.25) is 14.9 Å². The molecule has 10 heteroatoms. The van der Waals surface area contributed by atoms with Crippen molar-refractivity contribution in [3.05, 3.63) is 23.8 Å². The van der Waals surface area contributed by atoms with E-state index < -0.39 is 35.9 Å². The highest BCUT2D eigenvalue weighted by Crippen LogP contribution is 2.31. The van der Waals surface area contributed by atoms with E-state index in [9.17, 15) is 24.3 Å². The largest absolute Gasteiger partial charge is 0.510 e. The molecule has 0 radical (unpaired) electrons. The van der Waals surface area contributed by atoms with E-state index in [0.717, 1.165) is 0 Å². The standard InChI is InChI=1S/C24H35NO9/c1-7-9-20(26)32-18-12-11-17(13-19(18)33-21(27)10-8-2)14-24(22(28)29,25-15(3)4)34-23(30)31-16(5)6/h11-13,15-16,25H,7-10,14H2,1-6H3,(H,28,29)/t24-/m0/s1. The lowest BCUT2D eigenvalue weighted by Gasteiger charge is -2.32. The Kier molecular flexibility index (Phi) is 11.5. The summed E-state index contributed by atoms with van der Waals surface area (Å²) in [5, 5.41) is 12.8. The van der Waals surface area contributed by atoms with Crippen LogP contribution in [-0.4, -0.2) is 47.0 Å². The number of carboxylic acid groups (broad SMARTS) is 1. The zero-order valence-corrected chi connectivity index (χ0v) is 20.6. The number of rotatable bonds is 13. The van der Waals surface area contributed by atoms with Gasteiger partial charge in [0.2, 0.25) is 0 Å². The summed E-state index contributed by atoms with van der Waals surface area (Å²) in [6.07, 6.45) is -0.537. The number of carbonyl (C=O) groups is 4. The van der Waals surface area contributed by atoms with Crippen LogP contribution in [0.4, 0.5) is 4.79 Å². The first kappa shape index (κ1) is 28.9. The van der Waals surface area contributed by atoms with Crippen LogP contribution in [0.2, 0.25) is 0 Å². The number of nitrogens with one attached hydrogen (secondary N) is 1. The molecule has 1 aromatic rings. The predicted molar refractivity (Wildman–Crippen MR) is 123 cm³/mol. The minimum Gasteiger partial charge on any atom is -0.477 e.